The van der Waals surface area contributed by atoms with E-state index in [1.807, 2.05) is 36.4 Å². The lowest BCUT2D eigenvalue weighted by atomic mass is 9.85. The summed E-state index contributed by atoms with van der Waals surface area (Å²) < 4.78 is 0. The fraction of sp³-hybridized carbons (Fsp3) is 0.276. The molecule has 1 aliphatic carbocycles. The van der Waals surface area contributed by atoms with Crippen LogP contribution in [0, 0.1) is 5.92 Å². The van der Waals surface area contributed by atoms with Crippen LogP contribution in [0.25, 0.3) is 0 Å². The highest BCUT2D eigenvalue weighted by Crippen LogP contribution is 2.30. The molecule has 6 heteroatoms. The molecule has 0 heterocycles. The fourth-order valence-electron chi connectivity index (χ4n) is 4.47. The number of carbonyl (C=O) groups is 2. The van der Waals surface area contributed by atoms with Crippen LogP contribution in [0.5, 0.6) is 0 Å². The van der Waals surface area contributed by atoms with Gasteiger partial charge in [0, 0.05) is 11.6 Å². The van der Waals surface area contributed by atoms with E-state index in [-0.39, 0.29) is 11.8 Å². The highest BCUT2D eigenvalue weighted by atomic mass is 16.3. The first-order valence-corrected chi connectivity index (χ1v) is 12.1. The van der Waals surface area contributed by atoms with E-state index in [1.165, 1.54) is 6.42 Å². The van der Waals surface area contributed by atoms with Gasteiger partial charge < -0.3 is 10.4 Å². The molecule has 6 nitrogen and oxygen atoms in total. The van der Waals surface area contributed by atoms with Crippen LogP contribution in [0.4, 0.5) is 5.69 Å². The number of aliphatic hydroxyl groups is 1. The molecule has 1 saturated carbocycles. The molecule has 0 bridgehead atoms. The lowest BCUT2D eigenvalue weighted by molar-refractivity contribution is -0.136. The molecule has 1 fully saturated rings. The van der Waals surface area contributed by atoms with E-state index in [1.54, 1.807) is 55.5 Å². The molecule has 0 aliphatic heterocycles. The first kappa shape index (κ1) is 24.4. The van der Waals surface area contributed by atoms with E-state index in [2.05, 4.69) is 15.8 Å². The molecule has 0 spiro atoms. The van der Waals surface area contributed by atoms with Crippen LogP contribution in [-0.2, 0) is 15.2 Å². The molecule has 0 atom stereocenters. The highest BCUT2D eigenvalue weighted by Gasteiger charge is 2.40. The number of nitrogens with one attached hydrogen (secondary N) is 2. The van der Waals surface area contributed by atoms with E-state index in [0.717, 1.165) is 36.9 Å². The smallest absolute Gasteiger partial charge is 0.281 e. The van der Waals surface area contributed by atoms with Gasteiger partial charge in [0.2, 0.25) is 5.91 Å². The van der Waals surface area contributed by atoms with Gasteiger partial charge in [-0.25, -0.2) is 5.43 Å². The predicted molar refractivity (Wildman–Crippen MR) is 138 cm³/mol. The van der Waals surface area contributed by atoms with Crippen LogP contribution < -0.4 is 10.7 Å². The molecule has 0 saturated heterocycles. The minimum atomic E-state index is -1.89. The zero-order valence-electron chi connectivity index (χ0n) is 19.9. The summed E-state index contributed by atoms with van der Waals surface area (Å²) in [7, 11) is 0. The van der Waals surface area contributed by atoms with Gasteiger partial charge >= 0.3 is 0 Å². The average Bonchev–Trinajstić information content (AvgIpc) is 2.93. The summed E-state index contributed by atoms with van der Waals surface area (Å²) in [4.78, 5) is 25.7. The van der Waals surface area contributed by atoms with Crippen LogP contribution in [0.3, 0.4) is 0 Å². The fourth-order valence-corrected chi connectivity index (χ4v) is 4.47. The molecule has 0 aromatic heterocycles. The third-order valence-corrected chi connectivity index (χ3v) is 6.58. The largest absolute Gasteiger partial charge is 0.372 e. The van der Waals surface area contributed by atoms with E-state index in [9.17, 15) is 14.7 Å². The van der Waals surface area contributed by atoms with Gasteiger partial charge in [-0.1, -0.05) is 92.1 Å². The third kappa shape index (κ3) is 5.66. The summed E-state index contributed by atoms with van der Waals surface area (Å²) in [6.07, 6.45) is 5.34. The third-order valence-electron chi connectivity index (χ3n) is 6.58. The number of benzene rings is 3. The molecule has 3 aromatic carbocycles. The summed E-state index contributed by atoms with van der Waals surface area (Å²) in [6.45, 7) is 1.78. The maximum absolute atomic E-state index is 13.2. The minimum absolute atomic E-state index is 0.0798. The first-order chi connectivity index (χ1) is 17.0. The maximum Gasteiger partial charge on any atom is 0.281 e. The lowest BCUT2D eigenvalue weighted by Gasteiger charge is -2.27. The van der Waals surface area contributed by atoms with Crippen LogP contribution in [0.2, 0.25) is 0 Å². The van der Waals surface area contributed by atoms with Gasteiger partial charge in [0.15, 0.2) is 5.60 Å². The summed E-state index contributed by atoms with van der Waals surface area (Å²) in [6, 6.07) is 25.0. The molecule has 0 radical (unpaired) electrons. The standard InChI is InChI=1S/C29H31N3O3/c1-21(22-17-19-26(20-18-22)30-27(33)23-11-5-2-6-12-23)31-32-28(34)29(35,24-13-7-3-8-14-24)25-15-9-4-10-16-25/h3-4,7-10,13-20,23,35H,2,5-6,11-12H2,1H3,(H,30,33)(H,32,34). The van der Waals surface area contributed by atoms with Gasteiger partial charge in [0.05, 0.1) is 5.71 Å². The normalized spacial score (nSPS) is 14.9. The number of anilines is 1. The Balaban J connectivity index is 1.46. The Morgan fingerprint density at radius 2 is 1.37 bits per heavy atom. The Kier molecular flexibility index (Phi) is 7.73. The molecule has 1 aliphatic rings. The SMILES string of the molecule is CC(=NNC(=O)C(O)(c1ccccc1)c1ccccc1)c1ccc(NC(=O)C2CCCCC2)cc1. The Bertz CT molecular complexity index is 1130. The van der Waals surface area contributed by atoms with Crippen molar-refractivity contribution >= 4 is 23.2 Å². The zero-order chi connectivity index (χ0) is 24.7. The number of nitrogens with zero attached hydrogens (tertiary/aromatic N) is 1. The maximum atomic E-state index is 13.2. The molecule has 180 valence electrons. The van der Waals surface area contributed by atoms with Gasteiger partial charge in [-0.15, -0.1) is 0 Å². The van der Waals surface area contributed by atoms with Crippen molar-refractivity contribution in [3.63, 3.8) is 0 Å². The van der Waals surface area contributed by atoms with Crippen molar-refractivity contribution in [1.29, 1.82) is 0 Å². The first-order valence-electron chi connectivity index (χ1n) is 12.1. The quantitative estimate of drug-likeness (QED) is 0.337. The van der Waals surface area contributed by atoms with Crippen LogP contribution >= 0.6 is 0 Å². The number of carbonyl (C=O) groups excluding carboxylic acids is 2. The second-order valence-electron chi connectivity index (χ2n) is 8.98. The predicted octanol–water partition coefficient (Wildman–Crippen LogP) is 4.98. The Hall–Kier alpha value is -3.77. The van der Waals surface area contributed by atoms with Crippen LogP contribution in [-0.4, -0.2) is 22.6 Å². The lowest BCUT2D eigenvalue weighted by Crippen LogP contribution is -2.43. The number of hydrogen-bond donors (Lipinski definition) is 3. The van der Waals surface area contributed by atoms with Gasteiger partial charge in [0.25, 0.3) is 5.91 Å². The van der Waals surface area contributed by atoms with Crippen LogP contribution in [0.1, 0.15) is 55.7 Å². The van der Waals surface area contributed by atoms with Crippen molar-refractivity contribution in [2.45, 2.75) is 44.6 Å². The number of hydrogen-bond acceptors (Lipinski definition) is 4. The van der Waals surface area contributed by atoms with Crippen LogP contribution in [0.15, 0.2) is 90.0 Å². The van der Waals surface area contributed by atoms with Crippen molar-refractivity contribution < 1.29 is 14.7 Å². The molecule has 3 aromatic rings. The van der Waals surface area contributed by atoms with Crippen molar-refractivity contribution in [2.24, 2.45) is 11.0 Å². The molecular weight excluding hydrogens is 438 g/mol. The summed E-state index contributed by atoms with van der Waals surface area (Å²) in [5.41, 5.74) is 3.67. The van der Waals surface area contributed by atoms with E-state index >= 15 is 0 Å². The van der Waals surface area contributed by atoms with Crippen molar-refractivity contribution in [3.05, 3.63) is 102 Å². The zero-order valence-corrected chi connectivity index (χ0v) is 19.9. The molecule has 4 rings (SSSR count). The van der Waals surface area contributed by atoms with E-state index < -0.39 is 11.5 Å². The number of rotatable bonds is 7. The number of amides is 2. The Labute approximate surface area is 206 Å². The van der Waals surface area contributed by atoms with Crippen molar-refractivity contribution in [1.82, 2.24) is 5.43 Å². The van der Waals surface area contributed by atoms with E-state index in [0.29, 0.717) is 16.8 Å². The summed E-state index contributed by atoms with van der Waals surface area (Å²) in [5.74, 6) is -0.475. The van der Waals surface area contributed by atoms with Gasteiger partial charge in [-0.2, -0.15) is 5.10 Å². The summed E-state index contributed by atoms with van der Waals surface area (Å²) >= 11 is 0. The topological polar surface area (TPSA) is 90.8 Å². The van der Waals surface area contributed by atoms with Gasteiger partial charge in [-0.3, -0.25) is 9.59 Å². The second kappa shape index (κ2) is 11.1. The Morgan fingerprint density at radius 1 is 0.829 bits per heavy atom. The molecular formula is C29H31N3O3. The number of hydrazone groups is 1. The van der Waals surface area contributed by atoms with E-state index in [4.69, 9.17) is 0 Å². The van der Waals surface area contributed by atoms with Crippen molar-refractivity contribution in [3.8, 4) is 0 Å². The highest BCUT2D eigenvalue weighted by molar-refractivity contribution is 6.00. The molecule has 35 heavy (non-hydrogen) atoms. The monoisotopic (exact) mass is 469 g/mol. The molecule has 2 amide bonds. The minimum Gasteiger partial charge on any atom is -0.372 e. The molecule has 3 N–H and O–H groups in total. The summed E-state index contributed by atoms with van der Waals surface area (Å²) in [5, 5.41) is 18.8. The second-order valence-corrected chi connectivity index (χ2v) is 8.98. The van der Waals surface area contributed by atoms with Gasteiger partial charge in [0.1, 0.15) is 0 Å². The molecule has 0 unspecified atom stereocenters. The van der Waals surface area contributed by atoms with Crippen molar-refractivity contribution in [2.75, 3.05) is 5.32 Å². The van der Waals surface area contributed by atoms with Gasteiger partial charge in [-0.05, 0) is 48.6 Å². The Morgan fingerprint density at radius 3 is 1.91 bits per heavy atom. The average molecular weight is 470 g/mol.